The number of hydrogen-bond acceptors (Lipinski definition) is 3. The van der Waals surface area contributed by atoms with E-state index in [0.717, 1.165) is 22.8 Å². The predicted octanol–water partition coefficient (Wildman–Crippen LogP) is 4.21. The maximum atomic E-state index is 4.86. The molecule has 1 N–H and O–H groups in total. The van der Waals surface area contributed by atoms with Crippen LogP contribution in [0.1, 0.15) is 0 Å². The molecule has 0 unspecified atom stereocenters. The summed E-state index contributed by atoms with van der Waals surface area (Å²) in [5.74, 6) is 1.02. The molecule has 0 aliphatic carbocycles. The molecule has 2 aromatic carbocycles. The molecule has 0 radical (unpaired) electrons. The number of thioether (sulfide) groups is 1. The highest BCUT2D eigenvalue weighted by molar-refractivity contribution is 7.99. The Labute approximate surface area is 129 Å². The summed E-state index contributed by atoms with van der Waals surface area (Å²) in [6.07, 6.45) is 0. The van der Waals surface area contributed by atoms with Gasteiger partial charge in [-0.1, -0.05) is 48.5 Å². The summed E-state index contributed by atoms with van der Waals surface area (Å²) in [5.41, 5.74) is 3.50. The molecular formula is C18H18N2S. The number of aromatic nitrogens is 1. The molecule has 1 aromatic heterocycles. The number of fused-ring (bicyclic) bond motifs is 1. The highest BCUT2D eigenvalue weighted by Crippen LogP contribution is 2.32. The Hall–Kier alpha value is -1.84. The lowest BCUT2D eigenvalue weighted by Gasteiger charge is -2.10. The van der Waals surface area contributed by atoms with Crippen LogP contribution in [0.15, 0.2) is 65.7 Å². The lowest BCUT2D eigenvalue weighted by atomic mass is 10.1. The number of pyridine rings is 1. The van der Waals surface area contributed by atoms with Crippen LogP contribution in [0.5, 0.6) is 0 Å². The van der Waals surface area contributed by atoms with Gasteiger partial charge in [-0.2, -0.15) is 0 Å². The summed E-state index contributed by atoms with van der Waals surface area (Å²) in [6.45, 7) is 0.980. The summed E-state index contributed by atoms with van der Waals surface area (Å²) in [7, 11) is 1.98. The van der Waals surface area contributed by atoms with Crippen molar-refractivity contribution in [1.29, 1.82) is 0 Å². The second-order valence-corrected chi connectivity index (χ2v) is 5.94. The molecule has 0 fully saturated rings. The molecular weight excluding hydrogens is 276 g/mol. The van der Waals surface area contributed by atoms with E-state index >= 15 is 0 Å². The summed E-state index contributed by atoms with van der Waals surface area (Å²) in [6, 6.07) is 21.0. The van der Waals surface area contributed by atoms with Crippen LogP contribution in [-0.2, 0) is 0 Å². The lowest BCUT2D eigenvalue weighted by Crippen LogP contribution is -2.09. The Morgan fingerprint density at radius 3 is 2.57 bits per heavy atom. The number of hydrogen-bond donors (Lipinski definition) is 1. The van der Waals surface area contributed by atoms with Crippen LogP contribution in [0.4, 0.5) is 0 Å². The fourth-order valence-electron chi connectivity index (χ4n) is 2.28. The van der Waals surface area contributed by atoms with Gasteiger partial charge >= 0.3 is 0 Å². The number of nitrogens with one attached hydrogen (secondary N) is 1. The van der Waals surface area contributed by atoms with E-state index in [1.165, 1.54) is 16.5 Å². The fraction of sp³-hybridized carbons (Fsp3) is 0.167. The molecule has 0 aliphatic heterocycles. The normalized spacial score (nSPS) is 10.9. The van der Waals surface area contributed by atoms with Crippen LogP contribution in [-0.4, -0.2) is 24.3 Å². The minimum absolute atomic E-state index is 0.980. The zero-order valence-electron chi connectivity index (χ0n) is 12.0. The van der Waals surface area contributed by atoms with Crippen molar-refractivity contribution in [2.24, 2.45) is 0 Å². The largest absolute Gasteiger partial charge is 0.319 e. The average molecular weight is 294 g/mol. The van der Waals surface area contributed by atoms with Crippen molar-refractivity contribution < 1.29 is 0 Å². The first kappa shape index (κ1) is 14.1. The Balaban J connectivity index is 2.08. The van der Waals surface area contributed by atoms with Gasteiger partial charge in [0.15, 0.2) is 0 Å². The molecule has 3 rings (SSSR count). The molecule has 21 heavy (non-hydrogen) atoms. The summed E-state index contributed by atoms with van der Waals surface area (Å²) < 4.78 is 0. The third-order valence-corrected chi connectivity index (χ3v) is 4.36. The maximum Gasteiger partial charge on any atom is 0.105 e. The van der Waals surface area contributed by atoms with E-state index in [1.54, 1.807) is 0 Å². The second kappa shape index (κ2) is 6.74. The van der Waals surface area contributed by atoms with Gasteiger partial charge in [0.25, 0.3) is 0 Å². The van der Waals surface area contributed by atoms with Crippen LogP contribution in [0.25, 0.3) is 22.0 Å². The summed E-state index contributed by atoms with van der Waals surface area (Å²) >= 11 is 1.81. The van der Waals surface area contributed by atoms with Crippen molar-refractivity contribution >= 4 is 22.7 Å². The molecule has 2 nitrogen and oxygen atoms in total. The fourth-order valence-corrected chi connectivity index (χ4v) is 3.28. The Morgan fingerprint density at radius 1 is 1.00 bits per heavy atom. The van der Waals surface area contributed by atoms with E-state index in [-0.39, 0.29) is 0 Å². The number of para-hydroxylation sites is 1. The van der Waals surface area contributed by atoms with Gasteiger partial charge < -0.3 is 5.32 Å². The van der Waals surface area contributed by atoms with Gasteiger partial charge in [-0.3, -0.25) is 0 Å². The van der Waals surface area contributed by atoms with Crippen molar-refractivity contribution in [2.45, 2.75) is 5.03 Å². The van der Waals surface area contributed by atoms with Crippen molar-refractivity contribution in [1.82, 2.24) is 10.3 Å². The van der Waals surface area contributed by atoms with Crippen molar-refractivity contribution in [3.05, 3.63) is 60.7 Å². The monoisotopic (exact) mass is 294 g/mol. The van der Waals surface area contributed by atoms with Gasteiger partial charge in [0, 0.05) is 23.2 Å². The molecule has 3 aromatic rings. The smallest absolute Gasteiger partial charge is 0.105 e. The first-order valence-corrected chi connectivity index (χ1v) is 8.09. The first-order valence-electron chi connectivity index (χ1n) is 7.11. The topological polar surface area (TPSA) is 24.9 Å². The number of rotatable bonds is 5. The molecule has 3 heteroatoms. The lowest BCUT2D eigenvalue weighted by molar-refractivity contribution is 0.871. The third kappa shape index (κ3) is 3.26. The minimum Gasteiger partial charge on any atom is -0.319 e. The van der Waals surface area contributed by atoms with Crippen molar-refractivity contribution in [2.75, 3.05) is 19.3 Å². The summed E-state index contributed by atoms with van der Waals surface area (Å²) in [4.78, 5) is 4.86. The van der Waals surface area contributed by atoms with Crippen LogP contribution in [0.2, 0.25) is 0 Å². The molecule has 0 spiro atoms. The van der Waals surface area contributed by atoms with Gasteiger partial charge in [0.1, 0.15) is 5.03 Å². The van der Waals surface area contributed by atoms with Gasteiger partial charge in [-0.25, -0.2) is 4.98 Å². The van der Waals surface area contributed by atoms with Crippen LogP contribution in [0, 0.1) is 0 Å². The van der Waals surface area contributed by atoms with E-state index in [4.69, 9.17) is 4.98 Å². The van der Waals surface area contributed by atoms with Crippen LogP contribution < -0.4 is 5.32 Å². The molecule has 0 amide bonds. The van der Waals surface area contributed by atoms with Gasteiger partial charge in [-0.15, -0.1) is 11.8 Å². The second-order valence-electron chi connectivity index (χ2n) is 4.85. The van der Waals surface area contributed by atoms with Crippen molar-refractivity contribution in [3.63, 3.8) is 0 Å². The van der Waals surface area contributed by atoms with E-state index in [0.29, 0.717) is 0 Å². The Bertz CT molecular complexity index is 726. The third-order valence-electron chi connectivity index (χ3n) is 3.36. The van der Waals surface area contributed by atoms with Crippen molar-refractivity contribution in [3.8, 4) is 11.1 Å². The average Bonchev–Trinajstić information content (AvgIpc) is 2.55. The van der Waals surface area contributed by atoms with E-state index < -0.39 is 0 Å². The zero-order valence-corrected chi connectivity index (χ0v) is 12.9. The summed E-state index contributed by atoms with van der Waals surface area (Å²) in [5, 5.41) is 5.48. The molecule has 0 atom stereocenters. The predicted molar refractivity (Wildman–Crippen MR) is 91.8 cm³/mol. The maximum absolute atomic E-state index is 4.86. The van der Waals surface area contributed by atoms with E-state index in [1.807, 2.05) is 30.9 Å². The number of nitrogens with zero attached hydrogens (tertiary/aromatic N) is 1. The van der Waals surface area contributed by atoms with Crippen LogP contribution in [0.3, 0.4) is 0 Å². The molecule has 0 saturated carbocycles. The SMILES string of the molecule is CNCCSc1nc2ccccc2cc1-c1ccccc1. The highest BCUT2D eigenvalue weighted by Gasteiger charge is 2.09. The van der Waals surface area contributed by atoms with E-state index in [2.05, 4.69) is 53.8 Å². The van der Waals surface area contributed by atoms with Gasteiger partial charge in [0.05, 0.1) is 5.52 Å². The quantitative estimate of drug-likeness (QED) is 0.563. The van der Waals surface area contributed by atoms with Gasteiger partial charge in [-0.05, 0) is 24.7 Å². The number of benzene rings is 2. The minimum atomic E-state index is 0.980. The van der Waals surface area contributed by atoms with E-state index in [9.17, 15) is 0 Å². The first-order chi connectivity index (χ1) is 10.4. The molecule has 1 heterocycles. The van der Waals surface area contributed by atoms with Crippen LogP contribution >= 0.6 is 11.8 Å². The molecule has 106 valence electrons. The van der Waals surface area contributed by atoms with Gasteiger partial charge in [0.2, 0.25) is 0 Å². The Morgan fingerprint density at radius 2 is 1.76 bits per heavy atom. The zero-order chi connectivity index (χ0) is 14.5. The molecule has 0 aliphatic rings. The Kier molecular flexibility index (Phi) is 4.53. The highest BCUT2D eigenvalue weighted by atomic mass is 32.2. The molecule has 0 saturated heterocycles. The standard InChI is InChI=1S/C18H18N2S/c1-19-11-12-21-18-16(14-7-3-2-4-8-14)13-15-9-5-6-10-17(15)20-18/h2-10,13,19H,11-12H2,1H3. The molecule has 0 bridgehead atoms.